The topological polar surface area (TPSA) is 89.7 Å². The molecule has 6 nitrogen and oxygen atoms in total. The molecule has 0 fully saturated rings. The second-order valence-corrected chi connectivity index (χ2v) is 5.82. The lowest BCUT2D eigenvalue weighted by Crippen LogP contribution is -1.97. The van der Waals surface area contributed by atoms with Crippen molar-refractivity contribution in [2.24, 2.45) is 0 Å². The average Bonchev–Trinajstić information content (AvgIpc) is 2.77. The van der Waals surface area contributed by atoms with E-state index in [2.05, 4.69) is 0 Å². The van der Waals surface area contributed by atoms with Crippen LogP contribution in [0.1, 0.15) is 20.1 Å². The van der Waals surface area contributed by atoms with Gasteiger partial charge >= 0.3 is 5.97 Å². The van der Waals surface area contributed by atoms with Gasteiger partial charge in [-0.3, -0.25) is 10.1 Å². The number of nitro groups is 1. The first-order valence-corrected chi connectivity index (χ1v) is 6.97. The highest BCUT2D eigenvalue weighted by molar-refractivity contribution is 7.14. The number of carbonyl (C=O) groups is 1. The van der Waals surface area contributed by atoms with Crippen LogP contribution < -0.4 is 4.74 Å². The lowest BCUT2D eigenvalue weighted by Gasteiger charge is -2.06. The molecule has 0 radical (unpaired) electrons. The Morgan fingerprint density at radius 2 is 2.19 bits per heavy atom. The third-order valence-corrected chi connectivity index (χ3v) is 4.13. The quantitative estimate of drug-likeness (QED) is 0.664. The fraction of sp³-hybridized carbons (Fsp3) is 0.154. The number of carboxylic acid groups (broad SMARTS) is 1. The van der Waals surface area contributed by atoms with Crippen LogP contribution in [0.5, 0.6) is 5.75 Å². The number of benzene rings is 1. The smallest absolute Gasteiger partial charge is 0.345 e. The van der Waals surface area contributed by atoms with Crippen LogP contribution in [0.3, 0.4) is 0 Å². The van der Waals surface area contributed by atoms with Crippen molar-refractivity contribution in [2.45, 2.75) is 13.5 Å². The molecule has 0 bridgehead atoms. The van der Waals surface area contributed by atoms with Gasteiger partial charge in [-0.05, 0) is 19.1 Å². The van der Waals surface area contributed by atoms with E-state index in [1.54, 1.807) is 13.0 Å². The van der Waals surface area contributed by atoms with E-state index in [1.807, 2.05) is 0 Å². The molecule has 2 aromatic rings. The van der Waals surface area contributed by atoms with Gasteiger partial charge in [0.1, 0.15) is 22.3 Å². The van der Waals surface area contributed by atoms with Crippen LogP contribution in [0, 0.1) is 17.0 Å². The summed E-state index contributed by atoms with van der Waals surface area (Å²) in [5.41, 5.74) is 0.566. The Morgan fingerprint density at radius 3 is 2.71 bits per heavy atom. The van der Waals surface area contributed by atoms with Crippen LogP contribution >= 0.6 is 22.9 Å². The Morgan fingerprint density at radius 1 is 1.48 bits per heavy atom. The number of ether oxygens (including phenoxy) is 1. The van der Waals surface area contributed by atoms with Crippen molar-refractivity contribution in [1.29, 1.82) is 0 Å². The van der Waals surface area contributed by atoms with Gasteiger partial charge in [-0.15, -0.1) is 11.3 Å². The molecular formula is C13H10ClNO5S. The summed E-state index contributed by atoms with van der Waals surface area (Å²) in [4.78, 5) is 22.0. The van der Waals surface area contributed by atoms with Crippen molar-refractivity contribution < 1.29 is 19.6 Å². The van der Waals surface area contributed by atoms with E-state index in [-0.39, 0.29) is 22.2 Å². The molecule has 1 heterocycles. The molecule has 1 aromatic heterocycles. The maximum atomic E-state index is 10.9. The first-order valence-electron chi connectivity index (χ1n) is 5.78. The van der Waals surface area contributed by atoms with Crippen molar-refractivity contribution in [3.63, 3.8) is 0 Å². The summed E-state index contributed by atoms with van der Waals surface area (Å²) in [6, 6.07) is 5.62. The number of hydrogen-bond acceptors (Lipinski definition) is 5. The summed E-state index contributed by atoms with van der Waals surface area (Å²) in [6.07, 6.45) is 0. The molecule has 0 aliphatic rings. The van der Waals surface area contributed by atoms with Gasteiger partial charge in [0.05, 0.1) is 4.92 Å². The highest BCUT2D eigenvalue weighted by Gasteiger charge is 2.14. The summed E-state index contributed by atoms with van der Waals surface area (Å²) in [7, 11) is 0. The van der Waals surface area contributed by atoms with Crippen molar-refractivity contribution in [3.8, 4) is 5.75 Å². The van der Waals surface area contributed by atoms with Crippen LogP contribution in [0.25, 0.3) is 0 Å². The van der Waals surface area contributed by atoms with Gasteiger partial charge in [0.15, 0.2) is 0 Å². The van der Waals surface area contributed by atoms with E-state index in [1.165, 1.54) is 29.5 Å². The third-order valence-electron chi connectivity index (χ3n) is 2.74. The molecule has 0 spiro atoms. The standard InChI is InChI=1S/C13H10ClNO5S/c1-7-8(4-12(21-7)13(16)17)6-20-9-2-3-11(15(18)19)10(14)5-9/h2-5H,6H2,1H3,(H,16,17). The predicted molar refractivity (Wildman–Crippen MR) is 78.5 cm³/mol. The minimum Gasteiger partial charge on any atom is -0.489 e. The molecule has 0 unspecified atom stereocenters. The van der Waals surface area contributed by atoms with Gasteiger partial charge in [-0.25, -0.2) is 4.79 Å². The Labute approximate surface area is 128 Å². The number of aromatic carboxylic acids is 1. The number of rotatable bonds is 5. The van der Waals surface area contributed by atoms with Crippen molar-refractivity contribution in [1.82, 2.24) is 0 Å². The SMILES string of the molecule is Cc1sc(C(=O)O)cc1COc1ccc([N+](=O)[O-])c(Cl)c1. The van der Waals surface area contributed by atoms with Gasteiger partial charge in [0.2, 0.25) is 0 Å². The molecule has 1 aromatic carbocycles. The molecule has 1 N–H and O–H groups in total. The summed E-state index contributed by atoms with van der Waals surface area (Å²) in [5.74, 6) is -0.596. The summed E-state index contributed by atoms with van der Waals surface area (Å²) in [5, 5.41) is 19.6. The fourth-order valence-corrected chi connectivity index (χ4v) is 2.76. The number of carboxylic acids is 1. The van der Waals surface area contributed by atoms with Crippen molar-refractivity contribution >= 4 is 34.6 Å². The van der Waals surface area contributed by atoms with Gasteiger partial charge in [-0.2, -0.15) is 0 Å². The molecule has 0 saturated heterocycles. The van der Waals surface area contributed by atoms with Gasteiger partial charge < -0.3 is 9.84 Å². The molecule has 2 rings (SSSR count). The maximum Gasteiger partial charge on any atom is 0.345 e. The molecule has 0 saturated carbocycles. The Bertz CT molecular complexity index is 713. The van der Waals surface area contributed by atoms with Gasteiger partial charge in [0.25, 0.3) is 5.69 Å². The van der Waals surface area contributed by atoms with Crippen LogP contribution in [-0.2, 0) is 6.61 Å². The molecule has 110 valence electrons. The molecule has 8 heteroatoms. The number of hydrogen-bond donors (Lipinski definition) is 1. The van der Waals surface area contributed by atoms with Gasteiger partial charge in [0, 0.05) is 22.6 Å². The number of halogens is 1. The van der Waals surface area contributed by atoms with Crippen molar-refractivity contribution in [2.75, 3.05) is 0 Å². The second-order valence-electron chi connectivity index (χ2n) is 4.16. The molecular weight excluding hydrogens is 318 g/mol. The Hall–Kier alpha value is -2.12. The molecule has 0 aliphatic heterocycles. The normalized spacial score (nSPS) is 10.4. The number of nitro benzene ring substituents is 1. The van der Waals surface area contributed by atoms with Crippen LogP contribution in [0.2, 0.25) is 5.02 Å². The number of nitrogens with zero attached hydrogens (tertiary/aromatic N) is 1. The van der Waals surface area contributed by atoms with E-state index < -0.39 is 10.9 Å². The minimum absolute atomic E-state index is 0.00855. The zero-order valence-corrected chi connectivity index (χ0v) is 12.4. The van der Waals surface area contributed by atoms with E-state index in [4.69, 9.17) is 21.4 Å². The van der Waals surface area contributed by atoms with Crippen molar-refractivity contribution in [3.05, 3.63) is 54.7 Å². The Balaban J connectivity index is 2.11. The van der Waals surface area contributed by atoms with Crippen LogP contribution in [0.4, 0.5) is 5.69 Å². The van der Waals surface area contributed by atoms with E-state index in [9.17, 15) is 14.9 Å². The average molecular weight is 328 g/mol. The zero-order chi connectivity index (χ0) is 15.6. The summed E-state index contributed by atoms with van der Waals surface area (Å²) >= 11 is 6.96. The Kier molecular flexibility index (Phi) is 4.44. The predicted octanol–water partition coefficient (Wildman–Crippen LogP) is 3.90. The monoisotopic (exact) mass is 327 g/mol. The maximum absolute atomic E-state index is 10.9. The molecule has 0 aliphatic carbocycles. The second kappa shape index (κ2) is 6.11. The molecule has 0 atom stereocenters. The lowest BCUT2D eigenvalue weighted by atomic mass is 10.2. The molecule has 21 heavy (non-hydrogen) atoms. The van der Waals surface area contributed by atoms with Gasteiger partial charge in [-0.1, -0.05) is 11.6 Å². The first kappa shape index (κ1) is 15.3. The highest BCUT2D eigenvalue weighted by Crippen LogP contribution is 2.29. The van der Waals surface area contributed by atoms with E-state index in [0.717, 1.165) is 10.4 Å². The number of thiophene rings is 1. The van der Waals surface area contributed by atoms with E-state index in [0.29, 0.717) is 5.75 Å². The zero-order valence-electron chi connectivity index (χ0n) is 10.8. The lowest BCUT2D eigenvalue weighted by molar-refractivity contribution is -0.384. The summed E-state index contributed by atoms with van der Waals surface area (Å²) in [6.45, 7) is 1.97. The highest BCUT2D eigenvalue weighted by atomic mass is 35.5. The van der Waals surface area contributed by atoms with E-state index >= 15 is 0 Å². The molecule has 0 amide bonds. The van der Waals surface area contributed by atoms with Crippen LogP contribution in [0.15, 0.2) is 24.3 Å². The first-order chi connectivity index (χ1) is 9.88. The minimum atomic E-state index is -0.979. The fourth-order valence-electron chi connectivity index (χ4n) is 1.66. The van der Waals surface area contributed by atoms with Crippen LogP contribution in [-0.4, -0.2) is 16.0 Å². The third kappa shape index (κ3) is 3.50. The number of aryl methyl sites for hydroxylation is 1. The largest absolute Gasteiger partial charge is 0.489 e. The summed E-state index contributed by atoms with van der Waals surface area (Å²) < 4.78 is 5.49.